The monoisotopic (exact) mass is 364 g/mol. The Kier molecular flexibility index (Phi) is 10.4. The topological polar surface area (TPSA) is 57.5 Å². The van der Waals surface area contributed by atoms with Gasteiger partial charge in [0.25, 0.3) is 0 Å². The maximum absolute atomic E-state index is 10.3. The van der Waals surface area contributed by atoms with Gasteiger partial charge in [0.1, 0.15) is 0 Å². The number of aliphatic hydroxyl groups excluding tert-OH is 1. The van der Waals surface area contributed by atoms with E-state index in [2.05, 4.69) is 12.2 Å². The largest absolute Gasteiger partial charge is 0.481 e. The third kappa shape index (κ3) is 8.70. The third-order valence-electron chi connectivity index (χ3n) is 6.60. The Labute approximate surface area is 160 Å². The van der Waals surface area contributed by atoms with Gasteiger partial charge in [-0.05, 0) is 56.3 Å². The van der Waals surface area contributed by atoms with Crippen molar-refractivity contribution < 1.29 is 15.0 Å². The van der Waals surface area contributed by atoms with Crippen LogP contribution in [-0.4, -0.2) is 22.3 Å². The van der Waals surface area contributed by atoms with Crippen molar-refractivity contribution >= 4 is 5.97 Å². The highest BCUT2D eigenvalue weighted by molar-refractivity contribution is 5.66. The molecule has 0 bridgehead atoms. The normalized spacial score (nSPS) is 28.0. The van der Waals surface area contributed by atoms with Gasteiger partial charge in [0.15, 0.2) is 0 Å². The first-order valence-corrected chi connectivity index (χ1v) is 11.2. The average molecular weight is 365 g/mol. The van der Waals surface area contributed by atoms with Crippen molar-refractivity contribution in [3.8, 4) is 0 Å². The molecule has 150 valence electrons. The Hall–Kier alpha value is -0.830. The van der Waals surface area contributed by atoms with Gasteiger partial charge in [-0.3, -0.25) is 4.79 Å². The number of carboxylic acid groups (broad SMARTS) is 1. The summed E-state index contributed by atoms with van der Waals surface area (Å²) < 4.78 is 0. The number of aliphatic carboxylic acids is 1. The van der Waals surface area contributed by atoms with Gasteiger partial charge < -0.3 is 10.2 Å². The van der Waals surface area contributed by atoms with Crippen LogP contribution < -0.4 is 0 Å². The van der Waals surface area contributed by atoms with Gasteiger partial charge in [-0.1, -0.05) is 69.9 Å². The first-order valence-electron chi connectivity index (χ1n) is 11.2. The Morgan fingerprint density at radius 3 is 2.12 bits per heavy atom. The van der Waals surface area contributed by atoms with E-state index < -0.39 is 5.97 Å². The zero-order chi connectivity index (χ0) is 18.6. The van der Waals surface area contributed by atoms with Crippen LogP contribution in [0.1, 0.15) is 103 Å². The molecule has 0 amide bonds. The maximum Gasteiger partial charge on any atom is 0.303 e. The summed E-state index contributed by atoms with van der Waals surface area (Å²) in [5, 5.41) is 17.9. The van der Waals surface area contributed by atoms with Crippen LogP contribution in [0.4, 0.5) is 0 Å². The molecule has 3 aliphatic rings. The molecule has 2 N–H and O–H groups in total. The fourth-order valence-corrected chi connectivity index (χ4v) is 4.87. The van der Waals surface area contributed by atoms with Gasteiger partial charge in [0.05, 0.1) is 6.10 Å². The zero-order valence-electron chi connectivity index (χ0n) is 16.6. The van der Waals surface area contributed by atoms with Crippen LogP contribution in [0.15, 0.2) is 12.2 Å². The van der Waals surface area contributed by atoms with Gasteiger partial charge in [-0.2, -0.15) is 0 Å². The van der Waals surface area contributed by atoms with Crippen molar-refractivity contribution in [2.75, 3.05) is 0 Å². The van der Waals surface area contributed by atoms with Crippen molar-refractivity contribution in [3.63, 3.8) is 0 Å². The number of carbonyl (C=O) groups is 1. The van der Waals surface area contributed by atoms with E-state index in [9.17, 15) is 9.90 Å². The lowest BCUT2D eigenvalue weighted by Gasteiger charge is -2.26. The van der Waals surface area contributed by atoms with Crippen LogP contribution >= 0.6 is 0 Å². The van der Waals surface area contributed by atoms with E-state index in [4.69, 9.17) is 5.11 Å². The fraction of sp³-hybridized carbons (Fsp3) is 0.870. The highest BCUT2D eigenvalue weighted by atomic mass is 16.4. The Morgan fingerprint density at radius 2 is 1.46 bits per heavy atom. The van der Waals surface area contributed by atoms with Crippen LogP contribution in [0.5, 0.6) is 0 Å². The zero-order valence-corrected chi connectivity index (χ0v) is 16.6. The molecule has 3 saturated carbocycles. The first-order chi connectivity index (χ1) is 12.6. The predicted molar refractivity (Wildman–Crippen MR) is 107 cm³/mol. The van der Waals surface area contributed by atoms with E-state index in [-0.39, 0.29) is 18.4 Å². The van der Waals surface area contributed by atoms with E-state index in [0.717, 1.165) is 37.5 Å². The van der Waals surface area contributed by atoms with Crippen LogP contribution in [0, 0.1) is 17.8 Å². The summed E-state index contributed by atoms with van der Waals surface area (Å²) in [4.78, 5) is 10.3. The van der Waals surface area contributed by atoms with Crippen LogP contribution in [0.2, 0.25) is 0 Å². The molecule has 3 fully saturated rings. The molecule has 0 aromatic carbocycles. The van der Waals surface area contributed by atoms with E-state index in [0.29, 0.717) is 6.42 Å². The molecule has 0 aromatic rings. The molecule has 0 saturated heterocycles. The summed E-state index contributed by atoms with van der Waals surface area (Å²) in [7, 11) is 0. The summed E-state index contributed by atoms with van der Waals surface area (Å²) in [6.07, 6.45) is 24.3. The molecular weight excluding hydrogens is 324 g/mol. The summed E-state index contributed by atoms with van der Waals surface area (Å²) in [6, 6.07) is 0. The molecule has 2 atom stereocenters. The Morgan fingerprint density at radius 1 is 0.846 bits per heavy atom. The molecule has 3 nitrogen and oxygen atoms in total. The number of allylic oxidation sites excluding steroid dienone is 2. The first kappa shape index (κ1) is 21.5. The molecule has 0 spiro atoms. The van der Waals surface area contributed by atoms with Crippen molar-refractivity contribution in [1.29, 1.82) is 0 Å². The van der Waals surface area contributed by atoms with Crippen LogP contribution in [0.3, 0.4) is 0 Å². The summed E-state index contributed by atoms with van der Waals surface area (Å²) >= 11 is 0. The van der Waals surface area contributed by atoms with Gasteiger partial charge in [-0.15, -0.1) is 0 Å². The van der Waals surface area contributed by atoms with Crippen LogP contribution in [-0.2, 0) is 4.79 Å². The third-order valence-corrected chi connectivity index (χ3v) is 6.60. The highest BCUT2D eigenvalue weighted by Gasteiger charge is 2.23. The number of hydrogen-bond acceptors (Lipinski definition) is 2. The van der Waals surface area contributed by atoms with E-state index in [1.165, 1.54) is 64.2 Å². The Bertz CT molecular complexity index is 406. The number of carboxylic acids is 1. The molecule has 2 unspecified atom stereocenters. The molecule has 0 heterocycles. The summed E-state index contributed by atoms with van der Waals surface area (Å²) in [6.45, 7) is 0. The van der Waals surface area contributed by atoms with E-state index in [1.807, 2.05) is 0 Å². The molecule has 0 aliphatic heterocycles. The van der Waals surface area contributed by atoms with E-state index in [1.54, 1.807) is 0 Å². The van der Waals surface area contributed by atoms with Gasteiger partial charge in [0, 0.05) is 6.42 Å². The second-order valence-electron chi connectivity index (χ2n) is 8.76. The molecule has 0 radical (unpaired) electrons. The lowest BCUT2D eigenvalue weighted by atomic mass is 9.84. The highest BCUT2D eigenvalue weighted by Crippen LogP contribution is 2.29. The minimum absolute atomic E-state index is 0.196. The minimum Gasteiger partial charge on any atom is -0.481 e. The number of aliphatic hydroxyl groups is 1. The second-order valence-corrected chi connectivity index (χ2v) is 8.76. The smallest absolute Gasteiger partial charge is 0.303 e. The molecule has 0 aromatic heterocycles. The predicted octanol–water partition coefficient (Wildman–Crippen LogP) is 6.11. The molecular formula is C23H40O3. The van der Waals surface area contributed by atoms with Gasteiger partial charge in [0.2, 0.25) is 0 Å². The summed E-state index contributed by atoms with van der Waals surface area (Å²) in [5.74, 6) is 1.45. The standard InChI is InChI=1S/C14H24.C9H16O3/c1-2-7-13(8-3-1)11-6-12-14-9-4-5-10-14;10-8-4-2-1-3-7(8)5-6-9(11)12/h6,12-14H,1-5,7-11H2;7-8,10H,1-6H2,(H,11,12)/b12-6+;. The maximum atomic E-state index is 10.3. The van der Waals surface area contributed by atoms with Crippen molar-refractivity contribution in [2.45, 2.75) is 109 Å². The SMILES string of the molecule is C(=C\C1CCCC1)/CC1CCCCC1.O=C(O)CCC1CCCCC1O. The summed E-state index contributed by atoms with van der Waals surface area (Å²) in [5.41, 5.74) is 0. The molecule has 3 rings (SSSR count). The number of rotatable bonds is 6. The van der Waals surface area contributed by atoms with Crippen molar-refractivity contribution in [3.05, 3.63) is 12.2 Å². The molecule has 3 heteroatoms. The van der Waals surface area contributed by atoms with Crippen molar-refractivity contribution in [2.24, 2.45) is 17.8 Å². The lowest BCUT2D eigenvalue weighted by Crippen LogP contribution is -2.24. The van der Waals surface area contributed by atoms with Gasteiger partial charge >= 0.3 is 5.97 Å². The lowest BCUT2D eigenvalue weighted by molar-refractivity contribution is -0.137. The van der Waals surface area contributed by atoms with Crippen molar-refractivity contribution in [1.82, 2.24) is 0 Å². The molecule has 3 aliphatic carbocycles. The second kappa shape index (κ2) is 12.5. The molecule has 26 heavy (non-hydrogen) atoms. The minimum atomic E-state index is -0.757. The van der Waals surface area contributed by atoms with Crippen LogP contribution in [0.25, 0.3) is 0 Å². The fourth-order valence-electron chi connectivity index (χ4n) is 4.87. The van der Waals surface area contributed by atoms with Gasteiger partial charge in [-0.25, -0.2) is 0 Å². The van der Waals surface area contributed by atoms with E-state index >= 15 is 0 Å². The average Bonchev–Trinajstić information content (AvgIpc) is 3.16. The Balaban J connectivity index is 0.000000190. The number of hydrogen-bond donors (Lipinski definition) is 2. The quantitative estimate of drug-likeness (QED) is 0.559.